The summed E-state index contributed by atoms with van der Waals surface area (Å²) in [6, 6.07) is 6.27. The van der Waals surface area contributed by atoms with Crippen LogP contribution < -0.4 is 0 Å². The molecule has 24 heavy (non-hydrogen) atoms. The van der Waals surface area contributed by atoms with Gasteiger partial charge in [-0.1, -0.05) is 13.8 Å². The summed E-state index contributed by atoms with van der Waals surface area (Å²) in [5.74, 6) is 1.13. The van der Waals surface area contributed by atoms with E-state index < -0.39 is 0 Å². The summed E-state index contributed by atoms with van der Waals surface area (Å²) in [6.07, 6.45) is 1.91. The third kappa shape index (κ3) is 4.32. The summed E-state index contributed by atoms with van der Waals surface area (Å²) >= 11 is 5.33. The van der Waals surface area contributed by atoms with Gasteiger partial charge in [-0.3, -0.25) is 9.47 Å². The molecule has 0 radical (unpaired) electrons. The Morgan fingerprint density at radius 2 is 1.71 bits per heavy atom. The summed E-state index contributed by atoms with van der Waals surface area (Å²) < 4.78 is 20.7. The molecule has 1 fully saturated rings. The molecule has 0 N–H and O–H groups in total. The van der Waals surface area contributed by atoms with E-state index in [1.54, 1.807) is 12.1 Å². The summed E-state index contributed by atoms with van der Waals surface area (Å²) in [7, 11) is 0. The van der Waals surface area contributed by atoms with Crippen molar-refractivity contribution < 1.29 is 8.81 Å². The second-order valence-electron chi connectivity index (χ2n) is 6.79. The van der Waals surface area contributed by atoms with E-state index in [2.05, 4.69) is 23.6 Å². The van der Waals surface area contributed by atoms with Gasteiger partial charge in [-0.15, -0.1) is 0 Å². The smallest absolute Gasteiger partial charge is 0.270 e. The Balaban J connectivity index is 1.62. The van der Waals surface area contributed by atoms with E-state index in [9.17, 15) is 4.39 Å². The van der Waals surface area contributed by atoms with Gasteiger partial charge in [-0.25, -0.2) is 4.39 Å². The predicted molar refractivity (Wildman–Crippen MR) is 95.8 cm³/mol. The van der Waals surface area contributed by atoms with Gasteiger partial charge in [0.15, 0.2) is 5.76 Å². The zero-order chi connectivity index (χ0) is 17.1. The molecule has 1 aromatic heterocycles. The molecule has 1 aromatic carbocycles. The first-order valence-corrected chi connectivity index (χ1v) is 8.83. The van der Waals surface area contributed by atoms with E-state index >= 15 is 0 Å². The number of benzene rings is 1. The minimum atomic E-state index is -0.254. The zero-order valence-electron chi connectivity index (χ0n) is 14.2. The number of nitrogens with zero attached hydrogens (tertiary/aromatic N) is 3. The van der Waals surface area contributed by atoms with Crippen molar-refractivity contribution in [1.29, 1.82) is 0 Å². The van der Waals surface area contributed by atoms with Crippen LogP contribution in [-0.4, -0.2) is 47.1 Å². The average Bonchev–Trinajstić information content (AvgIpc) is 2.90. The van der Waals surface area contributed by atoms with Crippen LogP contribution >= 0.6 is 12.2 Å². The fourth-order valence-corrected chi connectivity index (χ4v) is 3.26. The van der Waals surface area contributed by atoms with Crippen LogP contribution in [0.5, 0.6) is 0 Å². The molecule has 0 aliphatic carbocycles. The molecule has 2 heterocycles. The van der Waals surface area contributed by atoms with Gasteiger partial charge in [0, 0.05) is 38.3 Å². The van der Waals surface area contributed by atoms with Gasteiger partial charge < -0.3 is 9.32 Å². The summed E-state index contributed by atoms with van der Waals surface area (Å²) in [5, 5.41) is 0. The molecule has 1 saturated heterocycles. The molecule has 0 saturated carbocycles. The standard InChI is InChI=1S/C18H24FN3OS/c1-14(2)11-20-7-9-21(10-8-20)13-22-12-17(23-18(22)24)15-3-5-16(19)6-4-15/h3-6,12,14H,7-11,13H2,1-2H3. The van der Waals surface area contributed by atoms with Crippen molar-refractivity contribution in [1.82, 2.24) is 14.4 Å². The lowest BCUT2D eigenvalue weighted by Crippen LogP contribution is -2.47. The van der Waals surface area contributed by atoms with E-state index in [0.29, 0.717) is 16.5 Å². The monoisotopic (exact) mass is 349 g/mol. The van der Waals surface area contributed by atoms with Crippen LogP contribution in [0.4, 0.5) is 4.39 Å². The van der Waals surface area contributed by atoms with Gasteiger partial charge in [-0.2, -0.15) is 0 Å². The van der Waals surface area contributed by atoms with Crippen LogP contribution in [0.15, 0.2) is 34.9 Å². The van der Waals surface area contributed by atoms with E-state index in [1.165, 1.54) is 12.1 Å². The largest absolute Gasteiger partial charge is 0.429 e. The first-order valence-electron chi connectivity index (χ1n) is 8.42. The Kier molecular flexibility index (Phi) is 5.48. The van der Waals surface area contributed by atoms with Gasteiger partial charge >= 0.3 is 0 Å². The molecule has 1 aliphatic rings. The number of oxazole rings is 1. The molecule has 2 aromatic rings. The number of rotatable bonds is 5. The summed E-state index contributed by atoms with van der Waals surface area (Å²) in [4.78, 5) is 5.36. The highest BCUT2D eigenvalue weighted by atomic mass is 32.1. The molecule has 130 valence electrons. The highest BCUT2D eigenvalue weighted by molar-refractivity contribution is 7.71. The number of piperazine rings is 1. The Hall–Kier alpha value is -1.50. The van der Waals surface area contributed by atoms with Crippen LogP contribution in [0, 0.1) is 16.6 Å². The Morgan fingerprint density at radius 3 is 2.33 bits per heavy atom. The van der Waals surface area contributed by atoms with Crippen molar-refractivity contribution in [2.24, 2.45) is 5.92 Å². The van der Waals surface area contributed by atoms with E-state index in [1.807, 2.05) is 10.8 Å². The van der Waals surface area contributed by atoms with Crippen LogP contribution in [-0.2, 0) is 6.67 Å². The average molecular weight is 349 g/mol. The van der Waals surface area contributed by atoms with Crippen LogP contribution in [0.2, 0.25) is 0 Å². The third-order valence-corrected chi connectivity index (χ3v) is 4.59. The fraction of sp³-hybridized carbons (Fsp3) is 0.500. The Morgan fingerprint density at radius 1 is 1.08 bits per heavy atom. The number of hydrogen-bond acceptors (Lipinski definition) is 4. The maximum atomic E-state index is 13.0. The van der Waals surface area contributed by atoms with Crippen molar-refractivity contribution in [2.45, 2.75) is 20.5 Å². The molecule has 3 rings (SSSR count). The number of halogens is 1. The van der Waals surface area contributed by atoms with Crippen molar-refractivity contribution in [3.8, 4) is 11.3 Å². The zero-order valence-corrected chi connectivity index (χ0v) is 15.1. The van der Waals surface area contributed by atoms with Crippen molar-refractivity contribution in [3.05, 3.63) is 41.1 Å². The Labute approximate surface area is 147 Å². The molecule has 0 atom stereocenters. The van der Waals surface area contributed by atoms with Crippen molar-refractivity contribution in [3.63, 3.8) is 0 Å². The van der Waals surface area contributed by atoms with E-state index in [0.717, 1.165) is 45.0 Å². The molecule has 0 bridgehead atoms. The predicted octanol–water partition coefficient (Wildman–Crippen LogP) is 3.85. The summed E-state index contributed by atoms with van der Waals surface area (Å²) in [5.41, 5.74) is 0.836. The van der Waals surface area contributed by atoms with Crippen LogP contribution in [0.3, 0.4) is 0 Å². The molecular formula is C18H24FN3OS. The SMILES string of the molecule is CC(C)CN1CCN(Cn2cc(-c3ccc(F)cc3)oc2=S)CC1. The number of hydrogen-bond donors (Lipinski definition) is 0. The maximum absolute atomic E-state index is 13.0. The maximum Gasteiger partial charge on any atom is 0.270 e. The van der Waals surface area contributed by atoms with Crippen molar-refractivity contribution >= 4 is 12.2 Å². The second-order valence-corrected chi connectivity index (χ2v) is 7.14. The lowest BCUT2D eigenvalue weighted by atomic mass is 10.2. The molecule has 0 unspecified atom stereocenters. The van der Waals surface area contributed by atoms with E-state index in [-0.39, 0.29) is 5.82 Å². The molecular weight excluding hydrogens is 325 g/mol. The second kappa shape index (κ2) is 7.59. The highest BCUT2D eigenvalue weighted by Gasteiger charge is 2.18. The lowest BCUT2D eigenvalue weighted by molar-refractivity contribution is 0.0982. The minimum Gasteiger partial charge on any atom is -0.429 e. The van der Waals surface area contributed by atoms with Crippen LogP contribution in [0.25, 0.3) is 11.3 Å². The van der Waals surface area contributed by atoms with Gasteiger partial charge in [-0.05, 0) is 42.4 Å². The lowest BCUT2D eigenvalue weighted by Gasteiger charge is -2.35. The van der Waals surface area contributed by atoms with Gasteiger partial charge in [0.2, 0.25) is 0 Å². The fourth-order valence-electron chi connectivity index (χ4n) is 3.06. The third-order valence-electron chi connectivity index (χ3n) is 4.27. The number of aromatic nitrogens is 1. The first-order chi connectivity index (χ1) is 11.5. The van der Waals surface area contributed by atoms with Crippen molar-refractivity contribution in [2.75, 3.05) is 32.7 Å². The molecule has 1 aliphatic heterocycles. The van der Waals surface area contributed by atoms with Gasteiger partial charge in [0.05, 0.1) is 12.9 Å². The molecule has 4 nitrogen and oxygen atoms in total. The molecule has 6 heteroatoms. The normalized spacial score (nSPS) is 16.8. The minimum absolute atomic E-state index is 0.254. The first kappa shape index (κ1) is 17.3. The summed E-state index contributed by atoms with van der Waals surface area (Å²) in [6.45, 7) is 10.7. The van der Waals surface area contributed by atoms with Gasteiger partial charge in [0.1, 0.15) is 5.82 Å². The van der Waals surface area contributed by atoms with E-state index in [4.69, 9.17) is 16.6 Å². The highest BCUT2D eigenvalue weighted by Crippen LogP contribution is 2.21. The van der Waals surface area contributed by atoms with Crippen LogP contribution in [0.1, 0.15) is 13.8 Å². The quantitative estimate of drug-likeness (QED) is 0.766. The Bertz CT molecular complexity index is 715. The molecule has 0 amide bonds. The van der Waals surface area contributed by atoms with Gasteiger partial charge in [0.25, 0.3) is 4.84 Å². The molecule has 0 spiro atoms. The topological polar surface area (TPSA) is 24.6 Å².